The number of furan rings is 1. The second-order valence-corrected chi connectivity index (χ2v) is 4.54. The lowest BCUT2D eigenvalue weighted by Crippen LogP contribution is -2.17. The van der Waals surface area contributed by atoms with E-state index in [1.807, 2.05) is 19.1 Å². The number of benzene rings is 1. The first-order valence-electron chi connectivity index (χ1n) is 6.00. The molecule has 1 N–H and O–H groups in total. The second-order valence-electron chi connectivity index (χ2n) is 4.54. The van der Waals surface area contributed by atoms with Gasteiger partial charge in [-0.3, -0.25) is 0 Å². The molecule has 1 atom stereocenters. The third-order valence-corrected chi connectivity index (χ3v) is 2.88. The molecule has 1 aromatic carbocycles. The molecule has 0 saturated heterocycles. The molecule has 1 aromatic heterocycles. The summed E-state index contributed by atoms with van der Waals surface area (Å²) in [5.41, 5.74) is 2.60. The summed E-state index contributed by atoms with van der Waals surface area (Å²) < 4.78 is 5.59. The summed E-state index contributed by atoms with van der Waals surface area (Å²) in [4.78, 5) is 0. The molecule has 2 nitrogen and oxygen atoms in total. The number of hydrogen-bond donors (Lipinski definition) is 1. The third-order valence-electron chi connectivity index (χ3n) is 2.88. The van der Waals surface area contributed by atoms with Crippen molar-refractivity contribution < 1.29 is 4.42 Å². The fraction of sp³-hybridized carbons (Fsp3) is 0.333. The van der Waals surface area contributed by atoms with Gasteiger partial charge >= 0.3 is 0 Å². The molecular weight excluding hydrogens is 210 g/mol. The summed E-state index contributed by atoms with van der Waals surface area (Å²) in [7, 11) is 0. The molecule has 2 rings (SSSR count). The molecule has 0 bridgehead atoms. The maximum absolute atomic E-state index is 5.59. The lowest BCUT2D eigenvalue weighted by Gasteiger charge is -2.11. The highest BCUT2D eigenvalue weighted by molar-refractivity contribution is 5.22. The predicted molar refractivity (Wildman–Crippen MR) is 69.9 cm³/mol. The van der Waals surface area contributed by atoms with Gasteiger partial charge in [0.2, 0.25) is 0 Å². The minimum atomic E-state index is 0.240. The second kappa shape index (κ2) is 5.19. The molecule has 0 fully saturated rings. The summed E-state index contributed by atoms with van der Waals surface area (Å²) in [6.45, 7) is 7.07. The Bertz CT molecular complexity index is 487. The van der Waals surface area contributed by atoms with Gasteiger partial charge in [0.05, 0.1) is 6.04 Å². The molecule has 0 aliphatic rings. The fourth-order valence-corrected chi connectivity index (χ4v) is 1.88. The minimum absolute atomic E-state index is 0.240. The summed E-state index contributed by atoms with van der Waals surface area (Å²) in [6, 6.07) is 12.8. The highest BCUT2D eigenvalue weighted by atomic mass is 16.3. The molecular formula is C15H19NO. The Morgan fingerprint density at radius 2 is 2.00 bits per heavy atom. The predicted octanol–water partition coefficient (Wildman–Crippen LogP) is 3.75. The van der Waals surface area contributed by atoms with Crippen LogP contribution in [0, 0.1) is 13.8 Å². The molecule has 1 heterocycles. The van der Waals surface area contributed by atoms with E-state index in [0.29, 0.717) is 0 Å². The first-order chi connectivity index (χ1) is 8.15. The molecule has 2 heteroatoms. The Balaban J connectivity index is 1.94. The molecule has 0 unspecified atom stereocenters. The van der Waals surface area contributed by atoms with Crippen LogP contribution in [-0.4, -0.2) is 0 Å². The Morgan fingerprint density at radius 3 is 2.65 bits per heavy atom. The average molecular weight is 229 g/mol. The van der Waals surface area contributed by atoms with E-state index in [9.17, 15) is 0 Å². The highest BCUT2D eigenvalue weighted by Crippen LogP contribution is 2.16. The van der Waals surface area contributed by atoms with E-state index in [4.69, 9.17) is 4.42 Å². The van der Waals surface area contributed by atoms with Crippen LogP contribution >= 0.6 is 0 Å². The van der Waals surface area contributed by atoms with Crippen molar-refractivity contribution in [3.63, 3.8) is 0 Å². The van der Waals surface area contributed by atoms with Crippen LogP contribution in [0.5, 0.6) is 0 Å². The topological polar surface area (TPSA) is 25.2 Å². The Morgan fingerprint density at radius 1 is 1.18 bits per heavy atom. The van der Waals surface area contributed by atoms with Gasteiger partial charge in [0.15, 0.2) is 0 Å². The smallest absolute Gasteiger partial charge is 0.120 e. The zero-order valence-corrected chi connectivity index (χ0v) is 10.7. The molecule has 90 valence electrons. The molecule has 0 radical (unpaired) electrons. The molecule has 0 saturated carbocycles. The zero-order valence-electron chi connectivity index (χ0n) is 10.7. The summed E-state index contributed by atoms with van der Waals surface area (Å²) in [5, 5.41) is 3.46. The summed E-state index contributed by atoms with van der Waals surface area (Å²) in [6.07, 6.45) is 0. The van der Waals surface area contributed by atoms with E-state index < -0.39 is 0 Å². The third kappa shape index (κ3) is 3.21. The standard InChI is InChI=1S/C15H19NO/c1-11-5-4-6-14(9-11)10-16-13(3)15-8-7-12(2)17-15/h4-9,13,16H,10H2,1-3H3/t13-/m1/s1. The van der Waals surface area contributed by atoms with Gasteiger partial charge in [-0.15, -0.1) is 0 Å². The van der Waals surface area contributed by atoms with Crippen molar-refractivity contribution in [3.05, 3.63) is 59.0 Å². The number of rotatable bonds is 4. The number of aryl methyl sites for hydroxylation is 2. The average Bonchev–Trinajstić information content (AvgIpc) is 2.73. The molecule has 2 aromatic rings. The van der Waals surface area contributed by atoms with Gasteiger partial charge in [-0.05, 0) is 38.5 Å². The van der Waals surface area contributed by atoms with E-state index in [0.717, 1.165) is 18.1 Å². The first-order valence-corrected chi connectivity index (χ1v) is 6.00. The Hall–Kier alpha value is -1.54. The lowest BCUT2D eigenvalue weighted by atomic mass is 10.1. The van der Waals surface area contributed by atoms with Crippen molar-refractivity contribution in [2.24, 2.45) is 0 Å². The van der Waals surface area contributed by atoms with Crippen molar-refractivity contribution >= 4 is 0 Å². The fourth-order valence-electron chi connectivity index (χ4n) is 1.88. The van der Waals surface area contributed by atoms with Crippen molar-refractivity contribution in [2.45, 2.75) is 33.4 Å². The maximum atomic E-state index is 5.59. The van der Waals surface area contributed by atoms with Crippen LogP contribution in [-0.2, 0) is 6.54 Å². The van der Waals surface area contributed by atoms with Crippen LogP contribution in [0.2, 0.25) is 0 Å². The Labute approximate surface area is 103 Å². The van der Waals surface area contributed by atoms with E-state index >= 15 is 0 Å². The highest BCUT2D eigenvalue weighted by Gasteiger charge is 2.08. The van der Waals surface area contributed by atoms with E-state index in [2.05, 4.69) is 43.4 Å². The monoisotopic (exact) mass is 229 g/mol. The summed E-state index contributed by atoms with van der Waals surface area (Å²) >= 11 is 0. The SMILES string of the molecule is Cc1cccc(CN[C@H](C)c2ccc(C)o2)c1. The van der Waals surface area contributed by atoms with Crippen molar-refractivity contribution in [1.82, 2.24) is 5.32 Å². The first kappa shape index (κ1) is 11.9. The van der Waals surface area contributed by atoms with Crippen molar-refractivity contribution in [3.8, 4) is 0 Å². The van der Waals surface area contributed by atoms with Gasteiger partial charge in [-0.1, -0.05) is 29.8 Å². The van der Waals surface area contributed by atoms with Crippen LogP contribution in [0.25, 0.3) is 0 Å². The van der Waals surface area contributed by atoms with Crippen LogP contribution in [0.1, 0.15) is 35.6 Å². The van der Waals surface area contributed by atoms with E-state index in [-0.39, 0.29) is 6.04 Å². The largest absolute Gasteiger partial charge is 0.465 e. The normalized spacial score (nSPS) is 12.6. The van der Waals surface area contributed by atoms with Crippen LogP contribution in [0.3, 0.4) is 0 Å². The molecule has 0 aliphatic carbocycles. The molecule has 17 heavy (non-hydrogen) atoms. The van der Waals surface area contributed by atoms with Gasteiger partial charge < -0.3 is 9.73 Å². The van der Waals surface area contributed by atoms with Crippen molar-refractivity contribution in [2.75, 3.05) is 0 Å². The van der Waals surface area contributed by atoms with Gasteiger partial charge in [0, 0.05) is 6.54 Å². The zero-order chi connectivity index (χ0) is 12.3. The Kier molecular flexibility index (Phi) is 3.64. The number of nitrogens with one attached hydrogen (secondary N) is 1. The van der Waals surface area contributed by atoms with Crippen LogP contribution < -0.4 is 5.32 Å². The number of hydrogen-bond acceptors (Lipinski definition) is 2. The minimum Gasteiger partial charge on any atom is -0.465 e. The van der Waals surface area contributed by atoms with Gasteiger partial charge in [0.25, 0.3) is 0 Å². The lowest BCUT2D eigenvalue weighted by molar-refractivity contribution is 0.416. The van der Waals surface area contributed by atoms with Gasteiger partial charge in [0.1, 0.15) is 11.5 Å². The summed E-state index contributed by atoms with van der Waals surface area (Å²) in [5.74, 6) is 1.96. The maximum Gasteiger partial charge on any atom is 0.120 e. The van der Waals surface area contributed by atoms with Crippen LogP contribution in [0.4, 0.5) is 0 Å². The van der Waals surface area contributed by atoms with Crippen molar-refractivity contribution in [1.29, 1.82) is 0 Å². The van der Waals surface area contributed by atoms with Crippen LogP contribution in [0.15, 0.2) is 40.8 Å². The van der Waals surface area contributed by atoms with Gasteiger partial charge in [-0.2, -0.15) is 0 Å². The molecule has 0 aliphatic heterocycles. The quantitative estimate of drug-likeness (QED) is 0.863. The molecule has 0 spiro atoms. The van der Waals surface area contributed by atoms with E-state index in [1.165, 1.54) is 11.1 Å². The molecule has 0 amide bonds. The van der Waals surface area contributed by atoms with Gasteiger partial charge in [-0.25, -0.2) is 0 Å². The van der Waals surface area contributed by atoms with E-state index in [1.54, 1.807) is 0 Å².